The lowest BCUT2D eigenvalue weighted by molar-refractivity contribution is 0.222. The van der Waals surface area contributed by atoms with Crippen molar-refractivity contribution < 1.29 is 0 Å². The maximum Gasteiger partial charge on any atom is 0.113 e. The molecular formula is C6H13ClN2O. The zero-order valence-corrected chi connectivity index (χ0v) is 7.35. The Balaban J connectivity index is 3.74. The maximum atomic E-state index is 10.0. The Morgan fingerprint density at radius 1 is 1.50 bits per heavy atom. The van der Waals surface area contributed by atoms with Gasteiger partial charge in [-0.15, -0.1) is 16.5 Å². The molecule has 0 aromatic heterocycles. The first kappa shape index (κ1) is 9.69. The molecule has 10 heavy (non-hydrogen) atoms. The van der Waals surface area contributed by atoms with E-state index < -0.39 is 0 Å². The SMILES string of the molecule is CC(C)(C)CN(CCl)N=O. The van der Waals surface area contributed by atoms with Crippen molar-refractivity contribution in [3.63, 3.8) is 0 Å². The monoisotopic (exact) mass is 164 g/mol. The van der Waals surface area contributed by atoms with Crippen LogP contribution in [-0.2, 0) is 0 Å². The van der Waals surface area contributed by atoms with Crippen molar-refractivity contribution >= 4 is 11.6 Å². The van der Waals surface area contributed by atoms with Crippen LogP contribution in [-0.4, -0.2) is 17.6 Å². The first-order valence-corrected chi connectivity index (χ1v) is 3.67. The zero-order valence-electron chi connectivity index (χ0n) is 6.59. The predicted molar refractivity (Wildman–Crippen MR) is 42.7 cm³/mol. The Bertz CT molecular complexity index is 111. The maximum absolute atomic E-state index is 10.0. The quantitative estimate of drug-likeness (QED) is 0.277. The van der Waals surface area contributed by atoms with Gasteiger partial charge in [0, 0.05) is 6.54 Å². The summed E-state index contributed by atoms with van der Waals surface area (Å²) in [6, 6.07) is 0.167. The molecular weight excluding hydrogens is 152 g/mol. The zero-order chi connectivity index (χ0) is 8.20. The van der Waals surface area contributed by atoms with Crippen LogP contribution in [0, 0.1) is 10.3 Å². The molecule has 0 spiro atoms. The van der Waals surface area contributed by atoms with Crippen LogP contribution in [0.1, 0.15) is 20.8 Å². The molecule has 0 aromatic rings. The second-order valence-corrected chi connectivity index (χ2v) is 3.67. The molecule has 0 aliphatic rings. The van der Waals surface area contributed by atoms with Gasteiger partial charge < -0.3 is 0 Å². The average Bonchev–Trinajstić information content (AvgIpc) is 1.81. The topological polar surface area (TPSA) is 32.7 Å². The summed E-state index contributed by atoms with van der Waals surface area (Å²) in [5.74, 6) is 0. The van der Waals surface area contributed by atoms with Gasteiger partial charge in [0.05, 0.1) is 5.29 Å². The number of alkyl halides is 1. The summed E-state index contributed by atoms with van der Waals surface area (Å²) in [5.41, 5.74) is 0.0722. The fourth-order valence-corrected chi connectivity index (χ4v) is 0.769. The van der Waals surface area contributed by atoms with E-state index in [1.807, 2.05) is 20.8 Å². The smallest absolute Gasteiger partial charge is 0.113 e. The van der Waals surface area contributed by atoms with Crippen LogP contribution in [0.5, 0.6) is 0 Å². The molecule has 0 aromatic carbocycles. The van der Waals surface area contributed by atoms with Crippen LogP contribution < -0.4 is 0 Å². The van der Waals surface area contributed by atoms with Crippen LogP contribution >= 0.6 is 11.6 Å². The van der Waals surface area contributed by atoms with Crippen molar-refractivity contribution in [2.24, 2.45) is 10.7 Å². The second-order valence-electron chi connectivity index (χ2n) is 3.43. The Labute approximate surface area is 66.3 Å². The fraction of sp³-hybridized carbons (Fsp3) is 1.00. The van der Waals surface area contributed by atoms with Crippen LogP contribution in [0.25, 0.3) is 0 Å². The van der Waals surface area contributed by atoms with Crippen molar-refractivity contribution in [1.82, 2.24) is 5.01 Å². The van der Waals surface area contributed by atoms with E-state index in [1.54, 1.807) is 0 Å². The first-order valence-electron chi connectivity index (χ1n) is 3.14. The average molecular weight is 165 g/mol. The standard InChI is InChI=1S/C6H13ClN2O/c1-6(2,3)4-9(5-7)8-10/h4-5H2,1-3H3. The molecule has 4 heteroatoms. The number of hydrogen-bond donors (Lipinski definition) is 0. The van der Waals surface area contributed by atoms with Crippen LogP contribution in [0.4, 0.5) is 0 Å². The number of nitrogens with zero attached hydrogens (tertiary/aromatic N) is 2. The number of halogens is 1. The molecule has 0 aliphatic carbocycles. The van der Waals surface area contributed by atoms with E-state index in [9.17, 15) is 4.91 Å². The highest BCUT2D eigenvalue weighted by molar-refractivity contribution is 6.17. The lowest BCUT2D eigenvalue weighted by Gasteiger charge is -2.22. The van der Waals surface area contributed by atoms with Crippen molar-refractivity contribution in [2.45, 2.75) is 20.8 Å². The van der Waals surface area contributed by atoms with Crippen molar-refractivity contribution in [3.8, 4) is 0 Å². The van der Waals surface area contributed by atoms with E-state index in [1.165, 1.54) is 5.01 Å². The lowest BCUT2D eigenvalue weighted by Crippen LogP contribution is -2.27. The molecule has 0 amide bonds. The Kier molecular flexibility index (Phi) is 3.64. The molecule has 0 saturated heterocycles. The molecule has 0 heterocycles. The highest BCUT2D eigenvalue weighted by atomic mass is 35.5. The van der Waals surface area contributed by atoms with E-state index in [-0.39, 0.29) is 11.4 Å². The summed E-state index contributed by atoms with van der Waals surface area (Å²) in [5, 5.41) is 4.04. The minimum Gasteiger partial charge on any atom is -0.246 e. The molecule has 0 atom stereocenters. The van der Waals surface area contributed by atoms with Gasteiger partial charge in [0.2, 0.25) is 0 Å². The Morgan fingerprint density at radius 2 is 2.00 bits per heavy atom. The molecule has 0 bridgehead atoms. The largest absolute Gasteiger partial charge is 0.246 e. The van der Waals surface area contributed by atoms with Gasteiger partial charge in [-0.05, 0) is 5.41 Å². The molecule has 60 valence electrons. The molecule has 0 unspecified atom stereocenters. The minimum atomic E-state index is 0.0722. The number of rotatable bonds is 3. The van der Waals surface area contributed by atoms with Gasteiger partial charge in [-0.25, -0.2) is 5.01 Å². The molecule has 0 aliphatic heterocycles. The number of nitroso groups, excluding NO2 is 1. The van der Waals surface area contributed by atoms with E-state index >= 15 is 0 Å². The van der Waals surface area contributed by atoms with Crippen LogP contribution in [0.2, 0.25) is 0 Å². The van der Waals surface area contributed by atoms with Gasteiger partial charge in [0.1, 0.15) is 6.00 Å². The van der Waals surface area contributed by atoms with Crippen LogP contribution in [0.15, 0.2) is 5.29 Å². The second kappa shape index (κ2) is 3.76. The first-order chi connectivity index (χ1) is 4.49. The van der Waals surface area contributed by atoms with E-state index in [0.29, 0.717) is 6.54 Å². The molecule has 0 radical (unpaired) electrons. The van der Waals surface area contributed by atoms with Crippen molar-refractivity contribution in [1.29, 1.82) is 0 Å². The molecule has 0 N–H and O–H groups in total. The van der Waals surface area contributed by atoms with E-state index in [0.717, 1.165) is 0 Å². The lowest BCUT2D eigenvalue weighted by atomic mass is 9.97. The number of hydrogen-bond acceptors (Lipinski definition) is 2. The van der Waals surface area contributed by atoms with Gasteiger partial charge in [0.25, 0.3) is 0 Å². The van der Waals surface area contributed by atoms with Gasteiger partial charge in [-0.1, -0.05) is 20.8 Å². The third-order valence-electron chi connectivity index (χ3n) is 0.910. The summed E-state index contributed by atoms with van der Waals surface area (Å²) in [6.07, 6.45) is 0. The highest BCUT2D eigenvalue weighted by Gasteiger charge is 2.14. The van der Waals surface area contributed by atoms with Gasteiger partial charge in [0.15, 0.2) is 0 Å². The van der Waals surface area contributed by atoms with Gasteiger partial charge in [-0.2, -0.15) is 0 Å². The summed E-state index contributed by atoms with van der Waals surface area (Å²) in [6.45, 7) is 6.67. The molecule has 0 rings (SSSR count). The van der Waals surface area contributed by atoms with Gasteiger partial charge in [-0.3, -0.25) is 0 Å². The Morgan fingerprint density at radius 3 is 2.10 bits per heavy atom. The normalized spacial score (nSPS) is 11.2. The van der Waals surface area contributed by atoms with E-state index in [2.05, 4.69) is 5.29 Å². The third kappa shape index (κ3) is 4.56. The van der Waals surface area contributed by atoms with E-state index in [4.69, 9.17) is 11.6 Å². The van der Waals surface area contributed by atoms with Crippen molar-refractivity contribution in [3.05, 3.63) is 4.91 Å². The predicted octanol–water partition coefficient (Wildman–Crippen LogP) is 2.21. The van der Waals surface area contributed by atoms with Gasteiger partial charge >= 0.3 is 0 Å². The Hall–Kier alpha value is -0.310. The summed E-state index contributed by atoms with van der Waals surface area (Å²) < 4.78 is 0. The van der Waals surface area contributed by atoms with Crippen molar-refractivity contribution in [2.75, 3.05) is 12.5 Å². The molecule has 0 saturated carbocycles. The molecule has 3 nitrogen and oxygen atoms in total. The van der Waals surface area contributed by atoms with Crippen LogP contribution in [0.3, 0.4) is 0 Å². The summed E-state index contributed by atoms with van der Waals surface area (Å²) in [7, 11) is 0. The fourth-order valence-electron chi connectivity index (χ4n) is 0.640. The third-order valence-corrected chi connectivity index (χ3v) is 1.19. The molecule has 0 fully saturated rings. The summed E-state index contributed by atoms with van der Waals surface area (Å²) >= 11 is 5.41. The minimum absolute atomic E-state index is 0.0722. The highest BCUT2D eigenvalue weighted by Crippen LogP contribution is 2.15. The summed E-state index contributed by atoms with van der Waals surface area (Å²) in [4.78, 5) is 10.0.